The van der Waals surface area contributed by atoms with Gasteiger partial charge in [0.05, 0.1) is 33.1 Å². The first-order valence-electron chi connectivity index (χ1n) is 12.1. The lowest BCUT2D eigenvalue weighted by molar-refractivity contribution is -0.119. The molecular weight excluding hydrogens is 475 g/mol. The number of hydrogen-bond acceptors (Lipinski definition) is 6. The smallest absolute Gasteiger partial charge is 0.217 e. The summed E-state index contributed by atoms with van der Waals surface area (Å²) in [4.78, 5) is 25.4. The Bertz CT molecular complexity index is 1380. The van der Waals surface area contributed by atoms with Crippen LogP contribution < -0.4 is 30.3 Å². The minimum absolute atomic E-state index is 0.189. The maximum Gasteiger partial charge on any atom is 0.217 e. The van der Waals surface area contributed by atoms with Crippen molar-refractivity contribution in [1.82, 2.24) is 5.32 Å². The van der Waals surface area contributed by atoms with Crippen LogP contribution >= 0.6 is 0 Å². The molecule has 0 fully saturated rings. The van der Waals surface area contributed by atoms with E-state index in [1.807, 2.05) is 12.1 Å². The number of benzene rings is 2. The van der Waals surface area contributed by atoms with Gasteiger partial charge in [0.2, 0.25) is 17.1 Å². The Balaban J connectivity index is 1.83. The quantitative estimate of drug-likeness (QED) is 0.462. The topological polar surface area (TPSA) is 85.9 Å². The number of amides is 1. The van der Waals surface area contributed by atoms with Gasteiger partial charge in [0.25, 0.3) is 0 Å². The molecule has 3 aromatic rings. The molecule has 0 aromatic heterocycles. The van der Waals surface area contributed by atoms with Crippen molar-refractivity contribution < 1.29 is 23.4 Å². The summed E-state index contributed by atoms with van der Waals surface area (Å²) in [5, 5.41) is 6.15. The van der Waals surface area contributed by atoms with E-state index in [4.69, 9.17) is 14.2 Å². The van der Waals surface area contributed by atoms with Crippen molar-refractivity contribution in [2.24, 2.45) is 0 Å². The van der Waals surface area contributed by atoms with Crippen LogP contribution in [-0.4, -0.2) is 33.8 Å². The molecule has 0 radical (unpaired) electrons. The standard InChI is InChI=1S/C29H31FN2O5/c1-17(33)32-23-11-9-19-15-26(35-2)28(36-3)29(37-4)27(19)20-10-12-24(25(34)16-21(20)23)31-14-13-18-7-5-6-8-22(18)30/h5-8,10,12,15-16,23H,9,11,13-14H2,1-4H3,(H,31,34)(H,32,33)/t23-/m0/s1. The van der Waals surface area contributed by atoms with Crippen molar-refractivity contribution in [2.75, 3.05) is 33.2 Å². The molecule has 3 aromatic carbocycles. The molecule has 4 rings (SSSR count). The second-order valence-corrected chi connectivity index (χ2v) is 8.86. The van der Waals surface area contributed by atoms with Crippen molar-refractivity contribution in [3.63, 3.8) is 0 Å². The number of rotatable bonds is 8. The number of aryl methyl sites for hydroxylation is 1. The van der Waals surface area contributed by atoms with Crippen LogP contribution in [0.25, 0.3) is 11.1 Å². The average molecular weight is 507 g/mol. The highest BCUT2D eigenvalue weighted by Gasteiger charge is 2.29. The number of anilines is 1. The first kappa shape index (κ1) is 26.0. The molecular formula is C29H31FN2O5. The molecule has 0 bridgehead atoms. The van der Waals surface area contributed by atoms with E-state index in [0.29, 0.717) is 59.9 Å². The molecule has 0 saturated heterocycles. The highest BCUT2D eigenvalue weighted by Crippen LogP contribution is 2.50. The maximum atomic E-state index is 14.0. The van der Waals surface area contributed by atoms with Gasteiger partial charge >= 0.3 is 0 Å². The fraction of sp³-hybridized carbons (Fsp3) is 0.310. The molecule has 1 atom stereocenters. The van der Waals surface area contributed by atoms with Gasteiger partial charge in [-0.1, -0.05) is 24.3 Å². The summed E-state index contributed by atoms with van der Waals surface area (Å²) in [6, 6.07) is 13.3. The third-order valence-corrected chi connectivity index (χ3v) is 6.58. The molecule has 1 amide bonds. The second-order valence-electron chi connectivity index (χ2n) is 8.86. The molecule has 1 aliphatic rings. The van der Waals surface area contributed by atoms with Gasteiger partial charge < -0.3 is 24.8 Å². The summed E-state index contributed by atoms with van der Waals surface area (Å²) < 4.78 is 31.0. The Kier molecular flexibility index (Phi) is 7.96. The Labute approximate surface area is 215 Å². The highest BCUT2D eigenvalue weighted by atomic mass is 19.1. The van der Waals surface area contributed by atoms with Crippen molar-refractivity contribution in [1.29, 1.82) is 0 Å². The van der Waals surface area contributed by atoms with Crippen molar-refractivity contribution in [2.45, 2.75) is 32.2 Å². The maximum absolute atomic E-state index is 14.0. The summed E-state index contributed by atoms with van der Waals surface area (Å²) >= 11 is 0. The summed E-state index contributed by atoms with van der Waals surface area (Å²) in [5.41, 5.74) is 3.91. The predicted molar refractivity (Wildman–Crippen MR) is 141 cm³/mol. The first-order valence-corrected chi connectivity index (χ1v) is 12.1. The molecule has 7 nitrogen and oxygen atoms in total. The highest BCUT2D eigenvalue weighted by molar-refractivity contribution is 5.83. The first-order chi connectivity index (χ1) is 17.9. The Morgan fingerprint density at radius 2 is 1.78 bits per heavy atom. The van der Waals surface area contributed by atoms with E-state index in [0.717, 1.165) is 16.7 Å². The van der Waals surface area contributed by atoms with Crippen LogP contribution in [0.15, 0.2) is 53.3 Å². The predicted octanol–water partition coefficient (Wildman–Crippen LogP) is 4.66. The van der Waals surface area contributed by atoms with E-state index >= 15 is 0 Å². The van der Waals surface area contributed by atoms with Crippen molar-refractivity contribution >= 4 is 11.6 Å². The van der Waals surface area contributed by atoms with Crippen molar-refractivity contribution in [3.05, 3.63) is 81.3 Å². The summed E-state index contributed by atoms with van der Waals surface area (Å²) in [7, 11) is 4.67. The van der Waals surface area contributed by atoms with Crippen LogP contribution in [0, 0.1) is 5.82 Å². The van der Waals surface area contributed by atoms with E-state index in [2.05, 4.69) is 10.6 Å². The molecule has 0 heterocycles. The zero-order valence-electron chi connectivity index (χ0n) is 21.4. The van der Waals surface area contributed by atoms with Crippen LogP contribution in [0.1, 0.15) is 36.1 Å². The van der Waals surface area contributed by atoms with E-state index < -0.39 is 0 Å². The fourth-order valence-electron chi connectivity index (χ4n) is 4.89. The summed E-state index contributed by atoms with van der Waals surface area (Å²) in [6.45, 7) is 1.84. The van der Waals surface area contributed by atoms with Gasteiger partial charge in [0.15, 0.2) is 11.5 Å². The van der Waals surface area contributed by atoms with Crippen LogP contribution in [0.2, 0.25) is 0 Å². The molecule has 8 heteroatoms. The zero-order valence-corrected chi connectivity index (χ0v) is 21.4. The van der Waals surface area contributed by atoms with Crippen LogP contribution in [-0.2, 0) is 17.6 Å². The number of hydrogen-bond donors (Lipinski definition) is 2. The van der Waals surface area contributed by atoms with E-state index in [9.17, 15) is 14.0 Å². The van der Waals surface area contributed by atoms with E-state index in [1.165, 1.54) is 13.0 Å². The normalized spacial score (nSPS) is 14.0. The van der Waals surface area contributed by atoms with E-state index in [-0.39, 0.29) is 23.2 Å². The lowest BCUT2D eigenvalue weighted by atomic mass is 9.95. The van der Waals surface area contributed by atoms with Crippen LogP contribution in [0.4, 0.5) is 10.1 Å². The second kappa shape index (κ2) is 11.3. The van der Waals surface area contributed by atoms with Gasteiger partial charge in [-0.3, -0.25) is 9.59 Å². The number of carbonyl (C=O) groups excluding carboxylic acids is 1. The average Bonchev–Trinajstić information content (AvgIpc) is 3.12. The molecule has 1 aliphatic carbocycles. The number of nitrogens with one attached hydrogen (secondary N) is 2. The number of carbonyl (C=O) groups is 1. The molecule has 0 spiro atoms. The number of halogens is 1. The van der Waals surface area contributed by atoms with Gasteiger partial charge in [-0.15, -0.1) is 0 Å². The molecule has 0 unspecified atom stereocenters. The van der Waals surface area contributed by atoms with Gasteiger partial charge in [0.1, 0.15) is 5.82 Å². The van der Waals surface area contributed by atoms with Gasteiger partial charge in [-0.05, 0) is 65.8 Å². The molecule has 0 saturated carbocycles. The van der Waals surface area contributed by atoms with Crippen LogP contribution in [0.3, 0.4) is 0 Å². The Hall–Kier alpha value is -4.07. The van der Waals surface area contributed by atoms with E-state index in [1.54, 1.807) is 51.7 Å². The molecule has 194 valence electrons. The monoisotopic (exact) mass is 506 g/mol. The summed E-state index contributed by atoms with van der Waals surface area (Å²) in [6.07, 6.45) is 1.63. The van der Waals surface area contributed by atoms with Crippen LogP contribution in [0.5, 0.6) is 17.2 Å². The Morgan fingerprint density at radius 1 is 1.03 bits per heavy atom. The van der Waals surface area contributed by atoms with Gasteiger partial charge in [-0.25, -0.2) is 4.39 Å². The number of fused-ring (bicyclic) bond motifs is 3. The number of ether oxygens (including phenoxy) is 3. The third kappa shape index (κ3) is 5.38. The minimum atomic E-state index is -0.382. The zero-order chi connectivity index (χ0) is 26.5. The molecule has 37 heavy (non-hydrogen) atoms. The minimum Gasteiger partial charge on any atom is -0.493 e. The Morgan fingerprint density at radius 3 is 2.46 bits per heavy atom. The third-order valence-electron chi connectivity index (χ3n) is 6.58. The lowest BCUT2D eigenvalue weighted by Crippen LogP contribution is -2.26. The lowest BCUT2D eigenvalue weighted by Gasteiger charge is -2.19. The summed E-state index contributed by atoms with van der Waals surface area (Å²) in [5.74, 6) is 1.02. The molecule has 0 aliphatic heterocycles. The largest absolute Gasteiger partial charge is 0.493 e. The SMILES string of the molecule is COc1cc2c(c(OC)c1OC)-c1ccc(NCCc3ccccc3F)c(=O)cc1[C@@H](NC(C)=O)CC2. The fourth-order valence-corrected chi connectivity index (χ4v) is 4.89. The van der Waals surface area contributed by atoms with Gasteiger partial charge in [0, 0.05) is 19.0 Å². The number of methoxy groups -OCH3 is 3. The van der Waals surface area contributed by atoms with Crippen molar-refractivity contribution in [3.8, 4) is 28.4 Å². The molecule has 2 N–H and O–H groups in total. The van der Waals surface area contributed by atoms with Gasteiger partial charge in [-0.2, -0.15) is 0 Å².